The van der Waals surface area contributed by atoms with E-state index in [4.69, 9.17) is 17.3 Å². The Bertz CT molecular complexity index is 480. The van der Waals surface area contributed by atoms with Crippen molar-refractivity contribution in [3.05, 3.63) is 22.8 Å². The SMILES string of the molecule is CC1CN(C)CCC1NC(=O)c1nc(N)ccc1Cl. The molecule has 2 unspecified atom stereocenters. The molecule has 104 valence electrons. The largest absolute Gasteiger partial charge is 0.384 e. The number of hydrogen-bond acceptors (Lipinski definition) is 4. The molecule has 1 aromatic heterocycles. The van der Waals surface area contributed by atoms with Gasteiger partial charge in [-0.15, -0.1) is 0 Å². The van der Waals surface area contributed by atoms with E-state index < -0.39 is 0 Å². The van der Waals surface area contributed by atoms with E-state index in [1.807, 2.05) is 0 Å². The second kappa shape index (κ2) is 5.75. The summed E-state index contributed by atoms with van der Waals surface area (Å²) >= 11 is 5.98. The first-order valence-electron chi connectivity index (χ1n) is 6.39. The number of anilines is 1. The zero-order valence-corrected chi connectivity index (χ0v) is 11.9. The van der Waals surface area contributed by atoms with Crippen LogP contribution < -0.4 is 11.1 Å². The van der Waals surface area contributed by atoms with Crippen molar-refractivity contribution in [2.75, 3.05) is 25.9 Å². The van der Waals surface area contributed by atoms with E-state index in [1.54, 1.807) is 12.1 Å². The maximum Gasteiger partial charge on any atom is 0.271 e. The third kappa shape index (κ3) is 3.36. The van der Waals surface area contributed by atoms with Gasteiger partial charge in [-0.05, 0) is 38.1 Å². The van der Waals surface area contributed by atoms with Crippen LogP contribution in [0, 0.1) is 5.92 Å². The van der Waals surface area contributed by atoms with E-state index in [1.165, 1.54) is 0 Å². The third-order valence-electron chi connectivity index (χ3n) is 3.51. The molecule has 2 rings (SSSR count). The number of rotatable bonds is 2. The number of nitrogens with one attached hydrogen (secondary N) is 1. The lowest BCUT2D eigenvalue weighted by Crippen LogP contribution is -2.49. The van der Waals surface area contributed by atoms with Crippen molar-refractivity contribution in [3.8, 4) is 0 Å². The second-order valence-electron chi connectivity index (χ2n) is 5.17. The Labute approximate surface area is 118 Å². The Hall–Kier alpha value is -1.33. The van der Waals surface area contributed by atoms with Crippen molar-refractivity contribution in [2.45, 2.75) is 19.4 Å². The monoisotopic (exact) mass is 282 g/mol. The smallest absolute Gasteiger partial charge is 0.271 e. The van der Waals surface area contributed by atoms with Crippen LogP contribution in [0.25, 0.3) is 0 Å². The summed E-state index contributed by atoms with van der Waals surface area (Å²) in [5, 5.41) is 3.33. The summed E-state index contributed by atoms with van der Waals surface area (Å²) in [5.41, 5.74) is 5.79. The fraction of sp³-hybridized carbons (Fsp3) is 0.538. The van der Waals surface area contributed by atoms with Gasteiger partial charge in [0.15, 0.2) is 0 Å². The molecule has 1 fully saturated rings. The number of carbonyl (C=O) groups excluding carboxylic acids is 1. The zero-order valence-electron chi connectivity index (χ0n) is 11.2. The maximum absolute atomic E-state index is 12.2. The molecule has 0 saturated carbocycles. The molecule has 1 amide bonds. The molecule has 2 heterocycles. The van der Waals surface area contributed by atoms with Gasteiger partial charge in [-0.1, -0.05) is 18.5 Å². The van der Waals surface area contributed by atoms with E-state index in [2.05, 4.69) is 29.2 Å². The number of amides is 1. The molecule has 1 aliphatic rings. The number of aromatic nitrogens is 1. The van der Waals surface area contributed by atoms with Crippen LogP contribution in [0.1, 0.15) is 23.8 Å². The molecular formula is C13H19ClN4O. The normalized spacial score (nSPS) is 24.2. The highest BCUT2D eigenvalue weighted by molar-refractivity contribution is 6.33. The summed E-state index contributed by atoms with van der Waals surface area (Å²) in [6.07, 6.45) is 0.934. The summed E-state index contributed by atoms with van der Waals surface area (Å²) in [4.78, 5) is 18.5. The van der Waals surface area contributed by atoms with Gasteiger partial charge in [-0.3, -0.25) is 4.79 Å². The quantitative estimate of drug-likeness (QED) is 0.860. The lowest BCUT2D eigenvalue weighted by molar-refractivity contribution is 0.0879. The van der Waals surface area contributed by atoms with Crippen LogP contribution >= 0.6 is 11.6 Å². The van der Waals surface area contributed by atoms with Crippen molar-refractivity contribution < 1.29 is 4.79 Å². The summed E-state index contributed by atoms with van der Waals surface area (Å²) in [7, 11) is 2.09. The summed E-state index contributed by atoms with van der Waals surface area (Å²) in [5.74, 6) is 0.451. The fourth-order valence-corrected chi connectivity index (χ4v) is 2.61. The minimum absolute atomic E-state index is 0.156. The zero-order chi connectivity index (χ0) is 14.0. The van der Waals surface area contributed by atoms with Crippen molar-refractivity contribution in [3.63, 3.8) is 0 Å². The molecule has 0 bridgehead atoms. The van der Waals surface area contributed by atoms with Crippen LogP contribution in [0.4, 0.5) is 5.82 Å². The van der Waals surface area contributed by atoms with Crippen LogP contribution in [0.2, 0.25) is 5.02 Å². The van der Waals surface area contributed by atoms with Crippen LogP contribution in [-0.4, -0.2) is 42.0 Å². The van der Waals surface area contributed by atoms with E-state index in [0.717, 1.165) is 19.5 Å². The fourth-order valence-electron chi connectivity index (χ4n) is 2.42. The van der Waals surface area contributed by atoms with Crippen molar-refractivity contribution >= 4 is 23.3 Å². The molecule has 1 aromatic rings. The number of nitrogens with two attached hydrogens (primary N) is 1. The molecule has 5 nitrogen and oxygen atoms in total. The van der Waals surface area contributed by atoms with Crippen LogP contribution in [-0.2, 0) is 0 Å². The molecular weight excluding hydrogens is 264 g/mol. The standard InChI is InChI=1S/C13H19ClN4O/c1-8-7-18(2)6-5-10(8)16-13(19)12-9(14)3-4-11(15)17-12/h3-4,8,10H,5-7H2,1-2H3,(H2,15,17)(H,16,19). The molecule has 0 radical (unpaired) electrons. The molecule has 3 N–H and O–H groups in total. The van der Waals surface area contributed by atoms with Crippen molar-refractivity contribution in [1.82, 2.24) is 15.2 Å². The number of likely N-dealkylation sites (tertiary alicyclic amines) is 1. The second-order valence-corrected chi connectivity index (χ2v) is 5.58. The predicted octanol–water partition coefficient (Wildman–Crippen LogP) is 1.39. The van der Waals surface area contributed by atoms with Crippen molar-refractivity contribution in [2.24, 2.45) is 5.92 Å². The number of carbonyl (C=O) groups is 1. The van der Waals surface area contributed by atoms with Crippen LogP contribution in [0.5, 0.6) is 0 Å². The molecule has 1 saturated heterocycles. The maximum atomic E-state index is 12.2. The number of nitrogen functional groups attached to an aromatic ring is 1. The molecule has 6 heteroatoms. The summed E-state index contributed by atoms with van der Waals surface area (Å²) in [6, 6.07) is 3.33. The van der Waals surface area contributed by atoms with E-state index in [-0.39, 0.29) is 17.6 Å². The summed E-state index contributed by atoms with van der Waals surface area (Å²) < 4.78 is 0. The van der Waals surface area contributed by atoms with E-state index in [9.17, 15) is 4.79 Å². The van der Waals surface area contributed by atoms with Crippen molar-refractivity contribution in [1.29, 1.82) is 0 Å². The van der Waals surface area contributed by atoms with Crippen LogP contribution in [0.15, 0.2) is 12.1 Å². The molecule has 2 atom stereocenters. The topological polar surface area (TPSA) is 71.2 Å². The molecule has 0 aromatic carbocycles. The average Bonchev–Trinajstić information content (AvgIpc) is 2.35. The number of piperidine rings is 1. The first kappa shape index (κ1) is 14.1. The Kier molecular flexibility index (Phi) is 4.27. The lowest BCUT2D eigenvalue weighted by atomic mass is 9.94. The molecule has 1 aliphatic heterocycles. The first-order chi connectivity index (χ1) is 8.97. The third-order valence-corrected chi connectivity index (χ3v) is 3.81. The Morgan fingerprint density at radius 3 is 3.00 bits per heavy atom. The van der Waals surface area contributed by atoms with E-state index >= 15 is 0 Å². The van der Waals surface area contributed by atoms with Gasteiger partial charge < -0.3 is 16.0 Å². The Balaban J connectivity index is 2.06. The van der Waals surface area contributed by atoms with Gasteiger partial charge in [0.1, 0.15) is 11.5 Å². The van der Waals surface area contributed by atoms with Gasteiger partial charge >= 0.3 is 0 Å². The van der Waals surface area contributed by atoms with Gasteiger partial charge in [-0.25, -0.2) is 4.98 Å². The predicted molar refractivity (Wildman–Crippen MR) is 76.2 cm³/mol. The van der Waals surface area contributed by atoms with Gasteiger partial charge in [0.2, 0.25) is 0 Å². The van der Waals surface area contributed by atoms with Gasteiger partial charge in [-0.2, -0.15) is 0 Å². The first-order valence-corrected chi connectivity index (χ1v) is 6.76. The highest BCUT2D eigenvalue weighted by atomic mass is 35.5. The highest BCUT2D eigenvalue weighted by Gasteiger charge is 2.26. The molecule has 0 aliphatic carbocycles. The average molecular weight is 283 g/mol. The van der Waals surface area contributed by atoms with Gasteiger partial charge in [0.25, 0.3) is 5.91 Å². The Morgan fingerprint density at radius 2 is 2.32 bits per heavy atom. The molecule has 0 spiro atoms. The minimum Gasteiger partial charge on any atom is -0.384 e. The highest BCUT2D eigenvalue weighted by Crippen LogP contribution is 2.18. The van der Waals surface area contributed by atoms with Gasteiger partial charge in [0, 0.05) is 12.6 Å². The molecule has 19 heavy (non-hydrogen) atoms. The Morgan fingerprint density at radius 1 is 1.58 bits per heavy atom. The van der Waals surface area contributed by atoms with E-state index in [0.29, 0.717) is 16.8 Å². The lowest BCUT2D eigenvalue weighted by Gasteiger charge is -2.35. The number of halogens is 1. The number of pyridine rings is 1. The van der Waals surface area contributed by atoms with Crippen LogP contribution in [0.3, 0.4) is 0 Å². The number of hydrogen-bond donors (Lipinski definition) is 2. The summed E-state index contributed by atoms with van der Waals surface area (Å²) in [6.45, 7) is 4.09. The number of nitrogens with zero attached hydrogens (tertiary/aromatic N) is 2. The minimum atomic E-state index is -0.251. The van der Waals surface area contributed by atoms with Gasteiger partial charge in [0.05, 0.1) is 5.02 Å².